The predicted molar refractivity (Wildman–Crippen MR) is 217 cm³/mol. The van der Waals surface area contributed by atoms with Gasteiger partial charge in [-0.1, -0.05) is 170 Å². The Morgan fingerprint density at radius 3 is 1.69 bits per heavy atom. The molecule has 0 aliphatic heterocycles. The van der Waals surface area contributed by atoms with E-state index in [1.807, 2.05) is 11.3 Å². The summed E-state index contributed by atoms with van der Waals surface area (Å²) in [7, 11) is 0. The van der Waals surface area contributed by atoms with Crippen molar-refractivity contribution in [3.63, 3.8) is 0 Å². The maximum Gasteiger partial charge on any atom is 0.0714 e. The zero-order chi connectivity index (χ0) is 33.8. The van der Waals surface area contributed by atoms with E-state index in [2.05, 4.69) is 205 Å². The van der Waals surface area contributed by atoms with Crippen LogP contribution in [-0.2, 0) is 5.41 Å². The highest BCUT2D eigenvalue weighted by molar-refractivity contribution is 7.26. The van der Waals surface area contributed by atoms with E-state index < -0.39 is 5.41 Å². The van der Waals surface area contributed by atoms with Gasteiger partial charge in [-0.2, -0.15) is 0 Å². The van der Waals surface area contributed by atoms with Crippen molar-refractivity contribution in [2.75, 3.05) is 4.90 Å². The van der Waals surface area contributed by atoms with E-state index in [0.29, 0.717) is 0 Å². The summed E-state index contributed by atoms with van der Waals surface area (Å²) in [6.45, 7) is 0. The van der Waals surface area contributed by atoms with Crippen molar-refractivity contribution in [2.45, 2.75) is 5.41 Å². The molecule has 0 unspecified atom stereocenters. The van der Waals surface area contributed by atoms with Gasteiger partial charge in [0.1, 0.15) is 0 Å². The van der Waals surface area contributed by atoms with E-state index in [0.717, 1.165) is 5.69 Å². The van der Waals surface area contributed by atoms with Gasteiger partial charge in [0.05, 0.1) is 21.5 Å². The molecule has 0 N–H and O–H groups in total. The molecule has 1 aromatic heterocycles. The van der Waals surface area contributed by atoms with E-state index in [1.54, 1.807) is 0 Å². The standard InChI is InChI=1S/C49H33NS/c1-4-16-34(17-5-1)35-30-32-38(33-31-35)50(45-28-14-24-40-39-22-11-13-29-46(39)51-48(40)45)44-27-15-26-43-47(44)41-23-10-12-25-42(41)49(43,36-18-6-2-7-19-36)37-20-8-3-9-21-37/h1-33H. The van der Waals surface area contributed by atoms with Crippen LogP contribution in [0.3, 0.4) is 0 Å². The molecule has 0 amide bonds. The fourth-order valence-electron chi connectivity index (χ4n) is 8.41. The lowest BCUT2D eigenvalue weighted by atomic mass is 9.68. The molecule has 1 nitrogen and oxygen atoms in total. The third kappa shape index (κ3) is 4.54. The summed E-state index contributed by atoms with van der Waals surface area (Å²) in [6, 6.07) is 73.4. The molecular weight excluding hydrogens is 635 g/mol. The molecule has 8 aromatic carbocycles. The highest BCUT2D eigenvalue weighted by Gasteiger charge is 2.47. The average Bonchev–Trinajstić information content (AvgIpc) is 3.74. The van der Waals surface area contributed by atoms with Crippen molar-refractivity contribution in [1.29, 1.82) is 0 Å². The third-order valence-corrected chi connectivity index (χ3v) is 11.8. The highest BCUT2D eigenvalue weighted by atomic mass is 32.1. The number of anilines is 3. The lowest BCUT2D eigenvalue weighted by Gasteiger charge is -2.34. The number of thiophene rings is 1. The quantitative estimate of drug-likeness (QED) is 0.171. The molecule has 240 valence electrons. The fourth-order valence-corrected chi connectivity index (χ4v) is 9.62. The van der Waals surface area contributed by atoms with Gasteiger partial charge in [0.2, 0.25) is 0 Å². The third-order valence-electron chi connectivity index (χ3n) is 10.6. The van der Waals surface area contributed by atoms with Gasteiger partial charge in [0, 0.05) is 26.7 Å². The first-order valence-corrected chi connectivity index (χ1v) is 18.3. The molecular formula is C49H33NS. The van der Waals surface area contributed by atoms with Crippen molar-refractivity contribution in [3.8, 4) is 22.3 Å². The van der Waals surface area contributed by atoms with Gasteiger partial charge >= 0.3 is 0 Å². The highest BCUT2D eigenvalue weighted by Crippen LogP contribution is 2.60. The van der Waals surface area contributed by atoms with Gasteiger partial charge in [-0.25, -0.2) is 0 Å². The normalized spacial score (nSPS) is 12.9. The molecule has 9 aromatic rings. The van der Waals surface area contributed by atoms with E-state index >= 15 is 0 Å². The molecule has 0 atom stereocenters. The minimum Gasteiger partial charge on any atom is -0.308 e. The molecule has 1 aliphatic carbocycles. The number of benzene rings is 8. The van der Waals surface area contributed by atoms with Gasteiger partial charge in [-0.05, 0) is 69.3 Å². The van der Waals surface area contributed by atoms with Crippen molar-refractivity contribution >= 4 is 48.6 Å². The van der Waals surface area contributed by atoms with Crippen molar-refractivity contribution in [2.24, 2.45) is 0 Å². The second-order valence-corrected chi connectivity index (χ2v) is 14.3. The van der Waals surface area contributed by atoms with Crippen LogP contribution in [0.5, 0.6) is 0 Å². The van der Waals surface area contributed by atoms with Crippen LogP contribution in [0.2, 0.25) is 0 Å². The summed E-state index contributed by atoms with van der Waals surface area (Å²) in [5.74, 6) is 0. The Labute approximate surface area is 302 Å². The molecule has 0 spiro atoms. The number of hydrogen-bond acceptors (Lipinski definition) is 2. The Bertz CT molecular complexity index is 2640. The Morgan fingerprint density at radius 2 is 0.941 bits per heavy atom. The zero-order valence-corrected chi connectivity index (χ0v) is 28.7. The summed E-state index contributed by atoms with van der Waals surface area (Å²) in [5.41, 5.74) is 13.1. The minimum atomic E-state index is -0.475. The van der Waals surface area contributed by atoms with Gasteiger partial charge in [-0.15, -0.1) is 11.3 Å². The second kappa shape index (κ2) is 12.0. The lowest BCUT2D eigenvalue weighted by molar-refractivity contribution is 0.768. The molecule has 0 bridgehead atoms. The molecule has 51 heavy (non-hydrogen) atoms. The first-order chi connectivity index (χ1) is 25.3. The van der Waals surface area contributed by atoms with Gasteiger partial charge in [0.25, 0.3) is 0 Å². The summed E-state index contributed by atoms with van der Waals surface area (Å²) < 4.78 is 2.59. The van der Waals surface area contributed by atoms with Crippen LogP contribution in [0.15, 0.2) is 200 Å². The predicted octanol–water partition coefficient (Wildman–Crippen LogP) is 13.6. The molecule has 1 heterocycles. The average molecular weight is 668 g/mol. The maximum absolute atomic E-state index is 2.51. The fraction of sp³-hybridized carbons (Fsp3) is 0.0204. The zero-order valence-electron chi connectivity index (χ0n) is 27.9. The Hall–Kier alpha value is -6.22. The van der Waals surface area contributed by atoms with E-state index in [9.17, 15) is 0 Å². The van der Waals surface area contributed by atoms with Crippen molar-refractivity contribution in [3.05, 3.63) is 222 Å². The van der Waals surface area contributed by atoms with Crippen LogP contribution in [0.4, 0.5) is 17.1 Å². The molecule has 0 radical (unpaired) electrons. The Kier molecular flexibility index (Phi) is 6.97. The number of hydrogen-bond donors (Lipinski definition) is 0. The molecule has 10 rings (SSSR count). The van der Waals surface area contributed by atoms with Crippen molar-refractivity contribution < 1.29 is 0 Å². The molecule has 1 aliphatic rings. The smallest absolute Gasteiger partial charge is 0.0714 e. The largest absolute Gasteiger partial charge is 0.308 e. The number of nitrogens with zero attached hydrogens (tertiary/aromatic N) is 1. The van der Waals surface area contributed by atoms with Gasteiger partial charge in [0.15, 0.2) is 0 Å². The lowest BCUT2D eigenvalue weighted by Crippen LogP contribution is -2.28. The van der Waals surface area contributed by atoms with Crippen molar-refractivity contribution in [1.82, 2.24) is 0 Å². The van der Waals surface area contributed by atoms with Crippen LogP contribution in [-0.4, -0.2) is 0 Å². The summed E-state index contributed by atoms with van der Waals surface area (Å²) >= 11 is 1.88. The topological polar surface area (TPSA) is 3.24 Å². The molecule has 0 saturated carbocycles. The van der Waals surface area contributed by atoms with E-state index in [1.165, 1.54) is 76.1 Å². The van der Waals surface area contributed by atoms with Gasteiger partial charge < -0.3 is 4.90 Å². The molecule has 0 saturated heterocycles. The van der Waals surface area contributed by atoms with Crippen LogP contribution in [0.25, 0.3) is 42.4 Å². The maximum atomic E-state index is 2.51. The Balaban J connectivity index is 1.29. The van der Waals surface area contributed by atoms with E-state index in [-0.39, 0.29) is 0 Å². The molecule has 2 heteroatoms. The van der Waals surface area contributed by atoms with Gasteiger partial charge in [-0.3, -0.25) is 0 Å². The van der Waals surface area contributed by atoms with Crippen LogP contribution < -0.4 is 4.90 Å². The summed E-state index contributed by atoms with van der Waals surface area (Å²) in [4.78, 5) is 2.51. The minimum absolute atomic E-state index is 0.475. The van der Waals surface area contributed by atoms with Crippen LogP contribution >= 0.6 is 11.3 Å². The van der Waals surface area contributed by atoms with Crippen LogP contribution in [0, 0.1) is 0 Å². The first-order valence-electron chi connectivity index (χ1n) is 17.5. The number of fused-ring (bicyclic) bond motifs is 6. The Morgan fingerprint density at radius 1 is 0.392 bits per heavy atom. The molecule has 0 fully saturated rings. The summed E-state index contributed by atoms with van der Waals surface area (Å²) in [5, 5.41) is 2.59. The van der Waals surface area contributed by atoms with Crippen LogP contribution in [0.1, 0.15) is 22.3 Å². The number of rotatable bonds is 6. The summed E-state index contributed by atoms with van der Waals surface area (Å²) in [6.07, 6.45) is 0. The second-order valence-electron chi connectivity index (χ2n) is 13.2. The monoisotopic (exact) mass is 667 g/mol. The van der Waals surface area contributed by atoms with E-state index in [4.69, 9.17) is 0 Å². The SMILES string of the molecule is c1ccc(-c2ccc(N(c3cccc4c3-c3ccccc3C4(c3ccccc3)c3ccccc3)c3cccc4c3sc3ccccc34)cc2)cc1. The first kappa shape index (κ1) is 29.7.